The highest BCUT2D eigenvalue weighted by atomic mass is 32.2. The summed E-state index contributed by atoms with van der Waals surface area (Å²) in [7, 11) is 1.67. The third kappa shape index (κ3) is 9.70. The Morgan fingerprint density at radius 3 is 2.85 bits per heavy atom. The second kappa shape index (κ2) is 9.86. The number of hydrogen-bond donors (Lipinski definition) is 1. The van der Waals surface area contributed by atoms with Crippen LogP contribution >= 0.6 is 11.8 Å². The Balaban J connectivity index is 3.11. The van der Waals surface area contributed by atoms with Gasteiger partial charge in [0.15, 0.2) is 0 Å². The maximum atomic E-state index is 11.1. The minimum atomic E-state index is 0.158. The van der Waals surface area contributed by atoms with Gasteiger partial charge in [0.2, 0.25) is 5.91 Å². The minimum absolute atomic E-state index is 0.158. The van der Waals surface area contributed by atoms with Crippen LogP contribution in [-0.2, 0) is 9.53 Å². The molecule has 13 heavy (non-hydrogen) atoms. The van der Waals surface area contributed by atoms with Gasteiger partial charge in [-0.25, -0.2) is 0 Å². The summed E-state index contributed by atoms with van der Waals surface area (Å²) in [6, 6.07) is 0. The Bertz CT molecular complexity index is 131. The molecule has 0 saturated heterocycles. The molecule has 0 aromatic heterocycles. The maximum absolute atomic E-state index is 11.1. The van der Waals surface area contributed by atoms with E-state index in [2.05, 4.69) is 11.6 Å². The van der Waals surface area contributed by atoms with Gasteiger partial charge in [0.05, 0.1) is 0 Å². The first-order valence-electron chi connectivity index (χ1n) is 4.56. The van der Waals surface area contributed by atoms with Crippen LogP contribution in [0.15, 0.2) is 0 Å². The Kier molecular flexibility index (Phi) is 9.70. The largest absolute Gasteiger partial charge is 0.385 e. The van der Waals surface area contributed by atoms with Gasteiger partial charge in [0, 0.05) is 26.7 Å². The Morgan fingerprint density at radius 1 is 1.46 bits per heavy atom. The molecule has 78 valence electrons. The van der Waals surface area contributed by atoms with Crippen molar-refractivity contribution in [1.29, 1.82) is 0 Å². The monoisotopic (exact) mass is 205 g/mol. The van der Waals surface area contributed by atoms with E-state index < -0.39 is 0 Å². The van der Waals surface area contributed by atoms with Gasteiger partial charge < -0.3 is 10.1 Å². The predicted molar refractivity (Wildman–Crippen MR) is 57.1 cm³/mol. The molecule has 0 spiro atoms. The fraction of sp³-hybridized carbons (Fsp3) is 0.889. The molecule has 0 bridgehead atoms. The summed E-state index contributed by atoms with van der Waals surface area (Å²) in [5, 5.41) is 2.85. The zero-order valence-corrected chi connectivity index (χ0v) is 9.28. The zero-order valence-electron chi connectivity index (χ0n) is 8.47. The normalized spacial score (nSPS) is 10.0. The lowest BCUT2D eigenvalue weighted by atomic mass is 10.3. The minimum Gasteiger partial charge on any atom is -0.385 e. The number of carbonyl (C=O) groups excluding carboxylic acids is 1. The van der Waals surface area contributed by atoms with Gasteiger partial charge in [-0.05, 0) is 24.9 Å². The number of carbonyl (C=O) groups is 1. The van der Waals surface area contributed by atoms with Crippen LogP contribution in [0.2, 0.25) is 0 Å². The average Bonchev–Trinajstić information content (AvgIpc) is 2.13. The number of nitrogens with one attached hydrogen (secondary N) is 1. The molecule has 0 heterocycles. The molecule has 0 aliphatic heterocycles. The van der Waals surface area contributed by atoms with Crippen LogP contribution in [-0.4, -0.2) is 38.2 Å². The van der Waals surface area contributed by atoms with E-state index in [-0.39, 0.29) is 5.91 Å². The molecule has 1 amide bonds. The first-order chi connectivity index (χ1) is 6.31. The number of amides is 1. The molecule has 0 unspecified atom stereocenters. The van der Waals surface area contributed by atoms with Crippen molar-refractivity contribution < 1.29 is 9.53 Å². The highest BCUT2D eigenvalue weighted by Crippen LogP contribution is 1.98. The molecule has 0 radical (unpaired) electrons. The quantitative estimate of drug-likeness (QED) is 0.607. The van der Waals surface area contributed by atoms with Gasteiger partial charge in [-0.2, -0.15) is 11.8 Å². The molecule has 0 aromatic carbocycles. The number of hydrogen-bond acceptors (Lipinski definition) is 3. The van der Waals surface area contributed by atoms with Crippen LogP contribution in [0, 0.1) is 0 Å². The molecular weight excluding hydrogens is 186 g/mol. The molecule has 4 heteroatoms. The van der Waals surface area contributed by atoms with E-state index >= 15 is 0 Å². The highest BCUT2D eigenvalue weighted by molar-refractivity contribution is 7.98. The summed E-state index contributed by atoms with van der Waals surface area (Å²) >= 11 is 1.78. The van der Waals surface area contributed by atoms with Gasteiger partial charge >= 0.3 is 0 Å². The standard InChI is InChI=1S/C9H19NO2S/c1-12-7-4-6-10-9(11)5-3-8-13-2/h3-8H2,1-2H3,(H,10,11). The molecule has 0 rings (SSSR count). The van der Waals surface area contributed by atoms with Crippen LogP contribution in [0.3, 0.4) is 0 Å². The van der Waals surface area contributed by atoms with Crippen LogP contribution in [0.25, 0.3) is 0 Å². The number of thioether (sulfide) groups is 1. The number of methoxy groups -OCH3 is 1. The lowest BCUT2D eigenvalue weighted by molar-refractivity contribution is -0.121. The first-order valence-corrected chi connectivity index (χ1v) is 5.95. The Morgan fingerprint density at radius 2 is 2.23 bits per heavy atom. The SMILES string of the molecule is COCCCNC(=O)CCCSC. The summed E-state index contributed by atoms with van der Waals surface area (Å²) in [6.07, 6.45) is 4.56. The van der Waals surface area contributed by atoms with Gasteiger partial charge in [-0.3, -0.25) is 4.79 Å². The van der Waals surface area contributed by atoms with Crippen LogP contribution < -0.4 is 5.32 Å². The van der Waals surface area contributed by atoms with Gasteiger partial charge in [-0.15, -0.1) is 0 Å². The Hall–Kier alpha value is -0.220. The summed E-state index contributed by atoms with van der Waals surface area (Å²) in [4.78, 5) is 11.1. The van der Waals surface area contributed by atoms with Crippen molar-refractivity contribution in [3.05, 3.63) is 0 Å². The zero-order chi connectivity index (χ0) is 9.94. The molecule has 0 saturated carbocycles. The van der Waals surface area contributed by atoms with E-state index in [1.807, 2.05) is 0 Å². The first kappa shape index (κ1) is 12.8. The summed E-state index contributed by atoms with van der Waals surface area (Å²) in [5.41, 5.74) is 0. The lowest BCUT2D eigenvalue weighted by Crippen LogP contribution is -2.24. The van der Waals surface area contributed by atoms with Crippen LogP contribution in [0.4, 0.5) is 0 Å². The third-order valence-electron chi connectivity index (χ3n) is 1.60. The smallest absolute Gasteiger partial charge is 0.220 e. The number of ether oxygens (including phenoxy) is 1. The molecule has 0 atom stereocenters. The van der Waals surface area contributed by atoms with E-state index in [1.54, 1.807) is 18.9 Å². The lowest BCUT2D eigenvalue weighted by Gasteiger charge is -2.03. The van der Waals surface area contributed by atoms with Crippen molar-refractivity contribution in [2.45, 2.75) is 19.3 Å². The van der Waals surface area contributed by atoms with Crippen LogP contribution in [0.1, 0.15) is 19.3 Å². The van der Waals surface area contributed by atoms with E-state index in [1.165, 1.54) is 0 Å². The molecule has 0 aliphatic rings. The fourth-order valence-electron chi connectivity index (χ4n) is 0.910. The van der Waals surface area contributed by atoms with E-state index in [9.17, 15) is 4.79 Å². The van der Waals surface area contributed by atoms with Crippen molar-refractivity contribution in [2.75, 3.05) is 32.3 Å². The summed E-state index contributed by atoms with van der Waals surface area (Å²) < 4.78 is 4.87. The predicted octanol–water partition coefficient (Wildman–Crippen LogP) is 1.28. The molecule has 1 N–H and O–H groups in total. The fourth-order valence-corrected chi connectivity index (χ4v) is 1.34. The van der Waals surface area contributed by atoms with Crippen molar-refractivity contribution in [1.82, 2.24) is 5.32 Å². The molecule has 0 aliphatic carbocycles. The second-order valence-electron chi connectivity index (χ2n) is 2.79. The highest BCUT2D eigenvalue weighted by Gasteiger charge is 1.98. The van der Waals surface area contributed by atoms with E-state index in [0.717, 1.165) is 25.1 Å². The molecule has 0 aromatic rings. The van der Waals surface area contributed by atoms with E-state index in [0.29, 0.717) is 13.0 Å². The van der Waals surface area contributed by atoms with Crippen LogP contribution in [0.5, 0.6) is 0 Å². The van der Waals surface area contributed by atoms with Crippen molar-refractivity contribution in [2.24, 2.45) is 0 Å². The van der Waals surface area contributed by atoms with Gasteiger partial charge in [-0.1, -0.05) is 0 Å². The topological polar surface area (TPSA) is 38.3 Å². The number of rotatable bonds is 8. The van der Waals surface area contributed by atoms with Crippen molar-refractivity contribution in [3.8, 4) is 0 Å². The summed E-state index contributed by atoms with van der Waals surface area (Å²) in [6.45, 7) is 1.44. The molecule has 0 fully saturated rings. The second-order valence-corrected chi connectivity index (χ2v) is 3.78. The molecule has 3 nitrogen and oxygen atoms in total. The van der Waals surface area contributed by atoms with Gasteiger partial charge in [0.1, 0.15) is 0 Å². The Labute approximate surface area is 84.6 Å². The average molecular weight is 205 g/mol. The van der Waals surface area contributed by atoms with Crippen molar-refractivity contribution >= 4 is 17.7 Å². The third-order valence-corrected chi connectivity index (χ3v) is 2.30. The van der Waals surface area contributed by atoms with Crippen molar-refractivity contribution in [3.63, 3.8) is 0 Å². The van der Waals surface area contributed by atoms with E-state index in [4.69, 9.17) is 4.74 Å². The maximum Gasteiger partial charge on any atom is 0.220 e. The van der Waals surface area contributed by atoms with Gasteiger partial charge in [0.25, 0.3) is 0 Å². The summed E-state index contributed by atoms with van der Waals surface area (Å²) in [5.74, 6) is 1.22. The molecular formula is C9H19NO2S.